The van der Waals surface area contributed by atoms with Gasteiger partial charge in [0.15, 0.2) is 0 Å². The number of nitrogen functional groups attached to an aromatic ring is 1. The molecule has 0 saturated heterocycles. The number of nitrogens with one attached hydrogen (secondary N) is 3. The number of thiophene rings is 3. The maximum atomic E-state index is 12.3. The Labute approximate surface area is 408 Å². The SMILES string of the molecule is CC(=O)CCl.COC(=O)c1sc2ccc3nc(C)ccc3c2c1N.COC(=O)c1sc2ccc3nc(C)ccc3c2c1NCC(C)=O.Cc1ccc2c(ccc3sc4c(c32)NC[C@H](C)NC4=O)n1. The Morgan fingerprint density at radius 3 is 1.65 bits per heavy atom. The Kier molecular flexibility index (Phi) is 15.2. The van der Waals surface area contributed by atoms with Crippen LogP contribution in [0.4, 0.5) is 17.1 Å². The van der Waals surface area contributed by atoms with E-state index in [0.717, 1.165) is 97.2 Å². The van der Waals surface area contributed by atoms with Crippen molar-refractivity contribution in [1.29, 1.82) is 0 Å². The lowest BCUT2D eigenvalue weighted by Gasteiger charge is -2.10. The highest BCUT2D eigenvalue weighted by atomic mass is 35.5. The molecule has 1 aliphatic heterocycles. The van der Waals surface area contributed by atoms with Crippen LogP contribution in [0.3, 0.4) is 0 Å². The summed E-state index contributed by atoms with van der Waals surface area (Å²) in [4.78, 5) is 72.4. The molecule has 9 aromatic rings. The Bertz CT molecular complexity index is 3460. The zero-order chi connectivity index (χ0) is 49.0. The monoisotopic (exact) mass is 989 g/mol. The second-order valence-electron chi connectivity index (χ2n) is 16.0. The lowest BCUT2D eigenvalue weighted by atomic mass is 10.1. The first-order chi connectivity index (χ1) is 32.5. The van der Waals surface area contributed by atoms with E-state index in [2.05, 4.69) is 43.0 Å². The molecule has 0 spiro atoms. The van der Waals surface area contributed by atoms with E-state index in [1.807, 2.05) is 88.4 Å². The Hall–Kier alpha value is -6.79. The van der Waals surface area contributed by atoms with Crippen molar-refractivity contribution in [2.75, 3.05) is 49.6 Å². The molecule has 1 amide bonds. The summed E-state index contributed by atoms with van der Waals surface area (Å²) in [6.07, 6.45) is 0. The number of hydrogen-bond donors (Lipinski definition) is 4. The molecule has 68 heavy (non-hydrogen) atoms. The van der Waals surface area contributed by atoms with Crippen LogP contribution < -0.4 is 21.7 Å². The molecule has 0 aliphatic carbocycles. The van der Waals surface area contributed by atoms with Gasteiger partial charge in [-0.3, -0.25) is 29.3 Å². The molecule has 350 valence electrons. The summed E-state index contributed by atoms with van der Waals surface area (Å²) in [5.41, 5.74) is 13.8. The van der Waals surface area contributed by atoms with Gasteiger partial charge in [-0.15, -0.1) is 45.6 Å². The molecule has 10 rings (SSSR count). The smallest absolute Gasteiger partial charge is 0.350 e. The third-order valence-electron chi connectivity index (χ3n) is 10.6. The van der Waals surface area contributed by atoms with E-state index >= 15 is 0 Å². The average molecular weight is 991 g/mol. The van der Waals surface area contributed by atoms with Gasteiger partial charge >= 0.3 is 11.9 Å². The normalized spacial score (nSPS) is 13.0. The highest BCUT2D eigenvalue weighted by Gasteiger charge is 2.25. The van der Waals surface area contributed by atoms with E-state index in [0.29, 0.717) is 21.1 Å². The van der Waals surface area contributed by atoms with Gasteiger partial charge in [-0.25, -0.2) is 9.59 Å². The minimum atomic E-state index is -0.412. The molecule has 14 nitrogen and oxygen atoms in total. The van der Waals surface area contributed by atoms with Crippen LogP contribution in [0.25, 0.3) is 63.0 Å². The maximum Gasteiger partial charge on any atom is 0.350 e. The standard InChI is InChI=1S/C17H16N2O3S.C16H15N3OS.C14H12N2O2S.C3H5ClO/c1-9-4-5-11-12(19-9)6-7-13-14(11)15(18-8-10(2)20)16(23-13)17(21)22-3;1-8-3-4-10-11(18-8)5-6-12-13(10)14-15(21-12)16(20)19-9(2)7-17-14;1-7-3-4-8-9(16-7)5-6-10-11(8)12(15)13(19-10)14(17)18-2;1-3(5)2-4/h4-7,18H,8H2,1-3H3;3-6,9,17H,7H2,1-2H3,(H,19,20);3-6H,15H2,1-2H3;2H2,1H3/t;9-;;/m.0../s1. The van der Waals surface area contributed by atoms with Crippen LogP contribution in [0.5, 0.6) is 0 Å². The Morgan fingerprint density at radius 1 is 0.691 bits per heavy atom. The fourth-order valence-electron chi connectivity index (χ4n) is 7.52. The number of carbonyl (C=O) groups is 5. The van der Waals surface area contributed by atoms with E-state index in [1.165, 1.54) is 62.1 Å². The number of rotatable bonds is 6. The van der Waals surface area contributed by atoms with Crippen molar-refractivity contribution in [3.05, 3.63) is 105 Å². The molecule has 7 heterocycles. The molecule has 0 bridgehead atoms. The van der Waals surface area contributed by atoms with Crippen molar-refractivity contribution in [2.24, 2.45) is 0 Å². The molecule has 18 heteroatoms. The van der Waals surface area contributed by atoms with Gasteiger partial charge in [-0.05, 0) is 96.1 Å². The zero-order valence-electron chi connectivity index (χ0n) is 38.5. The number of fused-ring (bicyclic) bond motifs is 11. The van der Waals surface area contributed by atoms with Crippen molar-refractivity contribution in [2.45, 2.75) is 47.6 Å². The van der Waals surface area contributed by atoms with Gasteiger partial charge in [0.1, 0.15) is 26.2 Å². The molecular weight excluding hydrogens is 942 g/mol. The number of esters is 2. The Balaban J connectivity index is 0.000000144. The van der Waals surface area contributed by atoms with Gasteiger partial charge in [0, 0.05) is 76.1 Å². The van der Waals surface area contributed by atoms with Gasteiger partial charge in [-0.2, -0.15) is 0 Å². The number of aryl methyl sites for hydroxylation is 3. The largest absolute Gasteiger partial charge is 0.465 e. The molecule has 0 saturated carbocycles. The summed E-state index contributed by atoms with van der Waals surface area (Å²) in [5, 5.41) is 15.5. The first-order valence-electron chi connectivity index (χ1n) is 21.3. The molecule has 0 unspecified atom stereocenters. The highest BCUT2D eigenvalue weighted by molar-refractivity contribution is 7.22. The number of Topliss-reactive ketones (excluding diaryl/α,β-unsaturated/α-hetero) is 2. The highest BCUT2D eigenvalue weighted by Crippen LogP contribution is 2.42. The van der Waals surface area contributed by atoms with Crippen LogP contribution in [0.15, 0.2) is 72.8 Å². The first kappa shape index (κ1) is 49.1. The summed E-state index contributed by atoms with van der Waals surface area (Å²) in [6, 6.07) is 24.0. The van der Waals surface area contributed by atoms with Gasteiger partial charge in [0.2, 0.25) is 0 Å². The van der Waals surface area contributed by atoms with E-state index < -0.39 is 11.9 Å². The van der Waals surface area contributed by atoms with E-state index in [4.69, 9.17) is 26.8 Å². The molecular formula is C50H48ClN7O7S3. The van der Waals surface area contributed by atoms with Crippen molar-refractivity contribution in [1.82, 2.24) is 20.3 Å². The fourth-order valence-corrected chi connectivity index (χ4v) is 10.8. The number of ketones is 2. The second kappa shape index (κ2) is 21.0. The number of methoxy groups -OCH3 is 2. The van der Waals surface area contributed by atoms with Gasteiger partial charge in [-0.1, -0.05) is 18.2 Å². The van der Waals surface area contributed by atoms with Crippen molar-refractivity contribution in [3.8, 4) is 0 Å². The number of nitrogens with zero attached hydrogens (tertiary/aromatic N) is 3. The van der Waals surface area contributed by atoms with Gasteiger partial charge < -0.3 is 31.2 Å². The number of halogens is 1. The minimum Gasteiger partial charge on any atom is -0.465 e. The molecule has 1 aliphatic rings. The molecule has 0 radical (unpaired) electrons. The summed E-state index contributed by atoms with van der Waals surface area (Å²) < 4.78 is 12.7. The third-order valence-corrected chi connectivity index (χ3v) is 14.4. The minimum absolute atomic E-state index is 0.00521. The average Bonchev–Trinajstić information content (AvgIpc) is 3.98. The number of aromatic nitrogens is 3. The second-order valence-corrected chi connectivity index (χ2v) is 19.4. The number of pyridine rings is 3. The number of amides is 1. The van der Waals surface area contributed by atoms with Gasteiger partial charge in [0.25, 0.3) is 5.91 Å². The summed E-state index contributed by atoms with van der Waals surface area (Å²) in [7, 11) is 2.71. The van der Waals surface area contributed by atoms with Crippen LogP contribution in [0.1, 0.15) is 66.9 Å². The van der Waals surface area contributed by atoms with Crippen molar-refractivity contribution in [3.63, 3.8) is 0 Å². The predicted molar refractivity (Wildman–Crippen MR) is 279 cm³/mol. The van der Waals surface area contributed by atoms with Crippen molar-refractivity contribution >= 4 is 155 Å². The molecule has 3 aromatic carbocycles. The van der Waals surface area contributed by atoms with Gasteiger partial charge in [0.05, 0.1) is 60.3 Å². The lowest BCUT2D eigenvalue weighted by Crippen LogP contribution is -2.34. The third kappa shape index (κ3) is 10.4. The van der Waals surface area contributed by atoms with E-state index in [9.17, 15) is 24.0 Å². The summed E-state index contributed by atoms with van der Waals surface area (Å²) in [6.45, 7) is 11.7. The molecule has 6 aromatic heterocycles. The van der Waals surface area contributed by atoms with Crippen LogP contribution in [0, 0.1) is 20.8 Å². The van der Waals surface area contributed by atoms with Crippen LogP contribution in [-0.2, 0) is 19.1 Å². The summed E-state index contributed by atoms with van der Waals surface area (Å²) >= 11 is 9.23. The molecule has 1 atom stereocenters. The van der Waals surface area contributed by atoms with Crippen molar-refractivity contribution < 1.29 is 33.4 Å². The van der Waals surface area contributed by atoms with E-state index in [1.54, 1.807) is 0 Å². The van der Waals surface area contributed by atoms with Crippen LogP contribution >= 0.6 is 45.6 Å². The maximum absolute atomic E-state index is 12.3. The molecule has 0 fully saturated rings. The quantitative estimate of drug-likeness (QED) is 0.0905. The predicted octanol–water partition coefficient (Wildman–Crippen LogP) is 10.8. The zero-order valence-corrected chi connectivity index (χ0v) is 41.7. The van der Waals surface area contributed by atoms with Crippen LogP contribution in [-0.4, -0.2) is 83.6 Å². The topological polar surface area (TPSA) is 205 Å². The number of alkyl halides is 1. The number of nitrogens with two attached hydrogens (primary N) is 1. The van der Waals surface area contributed by atoms with E-state index in [-0.39, 0.29) is 35.9 Å². The number of hydrogen-bond acceptors (Lipinski definition) is 16. The fraction of sp³-hybridized carbons (Fsp3) is 0.240. The number of ether oxygens (including phenoxy) is 2. The lowest BCUT2D eigenvalue weighted by molar-refractivity contribution is -0.115. The Morgan fingerprint density at radius 2 is 1.15 bits per heavy atom. The number of benzene rings is 3. The summed E-state index contributed by atoms with van der Waals surface area (Å²) in [5.74, 6) is -0.643. The number of anilines is 3. The first-order valence-corrected chi connectivity index (χ1v) is 24.3. The molecule has 5 N–H and O–H groups in total. The number of carbonyl (C=O) groups excluding carboxylic acids is 5. The van der Waals surface area contributed by atoms with Crippen LogP contribution in [0.2, 0.25) is 0 Å².